The van der Waals surface area contributed by atoms with Crippen LogP contribution in [-0.4, -0.2) is 35.7 Å². The van der Waals surface area contributed by atoms with E-state index in [1.54, 1.807) is 19.9 Å². The van der Waals surface area contributed by atoms with Crippen molar-refractivity contribution in [1.82, 2.24) is 0 Å². The lowest BCUT2D eigenvalue weighted by molar-refractivity contribution is -0.185. The van der Waals surface area contributed by atoms with Crippen LogP contribution in [0.4, 0.5) is 17.1 Å². The number of amides is 1. The molecule has 0 unspecified atom stereocenters. The Hall–Kier alpha value is -3.23. The van der Waals surface area contributed by atoms with E-state index in [1.165, 1.54) is 25.1 Å². The molecule has 0 fully saturated rings. The molecule has 0 spiro atoms. The van der Waals surface area contributed by atoms with Gasteiger partial charge in [-0.2, -0.15) is 12.8 Å². The fourth-order valence-electron chi connectivity index (χ4n) is 3.04. The Kier molecular flexibility index (Phi) is 7.74. The summed E-state index contributed by atoms with van der Waals surface area (Å²) in [6.07, 6.45) is 0. The highest BCUT2D eigenvalue weighted by atomic mass is 32.2. The van der Waals surface area contributed by atoms with E-state index < -0.39 is 20.9 Å². The van der Waals surface area contributed by atoms with Crippen LogP contribution in [-0.2, 0) is 24.1 Å². The second kappa shape index (κ2) is 10.4. The minimum atomic E-state index is -4.57. The number of nitrogens with one attached hydrogen (secondary N) is 1. The van der Waals surface area contributed by atoms with Crippen molar-refractivity contribution in [1.29, 1.82) is 0 Å². The fourth-order valence-corrected chi connectivity index (χ4v) is 4.09. The summed E-state index contributed by atoms with van der Waals surface area (Å²) in [5.41, 5.74) is 0.539. The smallest absolute Gasteiger partial charge is 0.294 e. The molecule has 1 amide bonds. The highest BCUT2D eigenvalue weighted by molar-refractivity contribution is 7.94. The van der Waals surface area contributed by atoms with Crippen LogP contribution in [0, 0.1) is 6.92 Å². The van der Waals surface area contributed by atoms with Crippen LogP contribution in [0.15, 0.2) is 56.4 Å². The van der Waals surface area contributed by atoms with E-state index >= 15 is 0 Å². The van der Waals surface area contributed by atoms with E-state index in [1.807, 2.05) is 0 Å². The normalized spacial score (nSPS) is 11.9. The second-order valence-electron chi connectivity index (χ2n) is 7.02. The number of anilines is 1. The molecule has 0 aliphatic carbocycles. The summed E-state index contributed by atoms with van der Waals surface area (Å²) in [6, 6.07) is 8.23. The maximum Gasteiger partial charge on any atom is 0.294 e. The monoisotopic (exact) mass is 507 g/mol. The molecule has 0 saturated heterocycles. The number of carbonyl (C=O) groups excluding carboxylic acids is 1. The lowest BCUT2D eigenvalue weighted by Crippen LogP contribution is -2.08. The number of aromatic hydroxyl groups is 2. The third-order valence-corrected chi connectivity index (χ3v) is 5.90. The first-order valence-electron chi connectivity index (χ1n) is 9.77. The van der Waals surface area contributed by atoms with Crippen molar-refractivity contribution in [3.8, 4) is 11.5 Å². The third kappa shape index (κ3) is 5.81. The van der Waals surface area contributed by atoms with Gasteiger partial charge >= 0.3 is 0 Å². The summed E-state index contributed by atoms with van der Waals surface area (Å²) in [7, 11) is -4.57. The molecule has 0 aliphatic rings. The summed E-state index contributed by atoms with van der Waals surface area (Å²) in [5, 5.41) is 32.0. The van der Waals surface area contributed by atoms with Gasteiger partial charge in [0.15, 0.2) is 5.75 Å². The Morgan fingerprint density at radius 2 is 1.88 bits per heavy atom. The molecule has 13 heteroatoms. The van der Waals surface area contributed by atoms with E-state index in [0.29, 0.717) is 17.1 Å². The summed E-state index contributed by atoms with van der Waals surface area (Å²) in [6.45, 7) is 4.94. The molecule has 0 aromatic heterocycles. The first kappa shape index (κ1) is 25.4. The molecule has 3 aromatic rings. The van der Waals surface area contributed by atoms with Gasteiger partial charge in [-0.1, -0.05) is 0 Å². The van der Waals surface area contributed by atoms with Gasteiger partial charge in [-0.3, -0.25) is 9.35 Å². The van der Waals surface area contributed by atoms with E-state index in [4.69, 9.17) is 9.22 Å². The van der Waals surface area contributed by atoms with Gasteiger partial charge in [0.2, 0.25) is 5.91 Å². The molecule has 180 valence electrons. The van der Waals surface area contributed by atoms with Crippen molar-refractivity contribution in [3.05, 3.63) is 42.0 Å². The van der Waals surface area contributed by atoms with Crippen LogP contribution in [0.5, 0.6) is 11.5 Å². The highest BCUT2D eigenvalue weighted by Crippen LogP contribution is 2.44. The Bertz CT molecular complexity index is 1390. The maximum absolute atomic E-state index is 11.6. The van der Waals surface area contributed by atoms with Crippen molar-refractivity contribution in [3.63, 3.8) is 0 Å². The molecule has 0 aliphatic heterocycles. The average molecular weight is 508 g/mol. The zero-order valence-corrected chi connectivity index (χ0v) is 19.9. The van der Waals surface area contributed by atoms with Gasteiger partial charge in [0.05, 0.1) is 29.2 Å². The van der Waals surface area contributed by atoms with Crippen molar-refractivity contribution in [2.45, 2.75) is 30.6 Å². The zero-order chi connectivity index (χ0) is 25.0. The molecule has 11 nitrogen and oxygen atoms in total. The molecule has 0 heterocycles. The third-order valence-electron chi connectivity index (χ3n) is 4.46. The maximum atomic E-state index is 11.6. The molecule has 34 heavy (non-hydrogen) atoms. The number of fused-ring (bicyclic) bond motifs is 1. The van der Waals surface area contributed by atoms with E-state index in [2.05, 4.69) is 15.5 Å². The topological polar surface area (TPSA) is 167 Å². The van der Waals surface area contributed by atoms with Gasteiger partial charge in [-0.05, 0) is 61.2 Å². The van der Waals surface area contributed by atoms with Crippen molar-refractivity contribution in [2.75, 3.05) is 11.9 Å². The number of carbonyl (C=O) groups is 1. The largest absolute Gasteiger partial charge is 0.506 e. The van der Waals surface area contributed by atoms with Gasteiger partial charge in [-0.25, -0.2) is 4.89 Å². The lowest BCUT2D eigenvalue weighted by atomic mass is 10.0. The van der Waals surface area contributed by atoms with Crippen LogP contribution >= 0.6 is 12.0 Å². The Morgan fingerprint density at radius 1 is 1.15 bits per heavy atom. The molecule has 4 N–H and O–H groups in total. The summed E-state index contributed by atoms with van der Waals surface area (Å²) in [4.78, 5) is 16.5. The van der Waals surface area contributed by atoms with Crippen molar-refractivity contribution >= 4 is 55.9 Å². The van der Waals surface area contributed by atoms with Gasteiger partial charge in [0, 0.05) is 17.2 Å². The first-order valence-corrected chi connectivity index (χ1v) is 12.0. The Labute approximate surface area is 199 Å². The van der Waals surface area contributed by atoms with Crippen LogP contribution in [0.1, 0.15) is 19.4 Å². The predicted molar refractivity (Wildman–Crippen MR) is 125 cm³/mol. The summed E-state index contributed by atoms with van der Waals surface area (Å²) < 4.78 is 37.6. The SMILES string of the molecule is CCOOSc1ccc(N=Nc2c(C)cc3cc(S(=O)(=O)O)cc(NC(C)=O)c3c2O)c(O)c1. The molecule has 3 rings (SSSR count). The number of aryl methyl sites for hydroxylation is 1. The van der Waals surface area contributed by atoms with Gasteiger partial charge in [0.25, 0.3) is 10.1 Å². The Morgan fingerprint density at radius 3 is 2.50 bits per heavy atom. The number of phenolic OH excluding ortho intramolecular Hbond substituents is 2. The van der Waals surface area contributed by atoms with Gasteiger partial charge < -0.3 is 15.5 Å². The van der Waals surface area contributed by atoms with Crippen molar-refractivity contribution in [2.24, 2.45) is 10.2 Å². The number of azo groups is 1. The van der Waals surface area contributed by atoms with E-state index in [-0.39, 0.29) is 39.3 Å². The van der Waals surface area contributed by atoms with Crippen LogP contribution in [0.2, 0.25) is 0 Å². The summed E-state index contributed by atoms with van der Waals surface area (Å²) in [5.74, 6) is -1.09. The second-order valence-corrected chi connectivity index (χ2v) is 9.22. The fraction of sp³-hybridized carbons (Fsp3) is 0.190. The highest BCUT2D eigenvalue weighted by Gasteiger charge is 2.20. The van der Waals surface area contributed by atoms with Crippen LogP contribution < -0.4 is 5.32 Å². The zero-order valence-electron chi connectivity index (χ0n) is 18.3. The average Bonchev–Trinajstić information content (AvgIpc) is 2.73. The number of benzene rings is 3. The van der Waals surface area contributed by atoms with Gasteiger partial charge in [0.1, 0.15) is 17.1 Å². The minimum absolute atomic E-state index is 0.0369. The van der Waals surface area contributed by atoms with Gasteiger partial charge in [-0.15, -0.1) is 10.2 Å². The molecular weight excluding hydrogens is 486 g/mol. The lowest BCUT2D eigenvalue weighted by Gasteiger charge is -2.14. The summed E-state index contributed by atoms with van der Waals surface area (Å²) >= 11 is 0.908. The van der Waals surface area contributed by atoms with Crippen LogP contribution in [0.25, 0.3) is 10.8 Å². The van der Waals surface area contributed by atoms with E-state index in [9.17, 15) is 28.0 Å². The minimum Gasteiger partial charge on any atom is -0.506 e. The number of nitrogens with zero attached hydrogens (tertiary/aromatic N) is 2. The Balaban J connectivity index is 2.06. The van der Waals surface area contributed by atoms with Crippen molar-refractivity contribution < 1.29 is 37.2 Å². The standard InChI is InChI=1S/C21H21N3O8S2/c1-4-31-32-33-14-5-6-16(18(26)9-14)23-24-20-11(2)7-13-8-15(34(28,29)30)10-17(22-12(3)25)19(13)21(20)27/h5-10,26-27H,4H2,1-3H3,(H,22,25)(H,28,29,30). The molecular formula is C21H21N3O8S2. The first-order chi connectivity index (χ1) is 16.0. The molecule has 0 bridgehead atoms. The number of hydrogen-bond acceptors (Lipinski definition) is 10. The molecule has 0 radical (unpaired) electrons. The number of rotatable bonds is 8. The van der Waals surface area contributed by atoms with Crippen LogP contribution in [0.3, 0.4) is 0 Å². The predicted octanol–water partition coefficient (Wildman–Crippen LogP) is 5.16. The molecule has 0 atom stereocenters. The molecule has 0 saturated carbocycles. The molecule has 3 aromatic carbocycles. The quantitative estimate of drug-likeness (QED) is 0.0804. The number of hydrogen-bond donors (Lipinski definition) is 4. The van der Waals surface area contributed by atoms with E-state index in [0.717, 1.165) is 24.2 Å². The number of phenols is 2.